The van der Waals surface area contributed by atoms with Crippen molar-refractivity contribution in [3.05, 3.63) is 58.6 Å². The number of nitrogens with zero attached hydrogens (tertiary/aromatic N) is 1. The van der Waals surface area contributed by atoms with Crippen molar-refractivity contribution in [3.8, 4) is 11.5 Å². The summed E-state index contributed by atoms with van der Waals surface area (Å²) in [6.45, 7) is 4.85. The molecule has 2 aromatic carbocycles. The van der Waals surface area contributed by atoms with E-state index < -0.39 is 23.6 Å². The number of hydrogen-bond acceptors (Lipinski definition) is 4. The van der Waals surface area contributed by atoms with Crippen LogP contribution in [-0.2, 0) is 4.79 Å². The fourth-order valence-electron chi connectivity index (χ4n) is 2.15. The lowest BCUT2D eigenvalue weighted by Crippen LogP contribution is -2.45. The Morgan fingerprint density at radius 3 is 2.43 bits per heavy atom. The number of halogens is 4. The first-order valence-electron chi connectivity index (χ1n) is 8.11. The maximum Gasteiger partial charge on any atom is 0.573 e. The number of carbonyl (C=O) groups is 1. The molecule has 0 aliphatic rings. The Kier molecular flexibility index (Phi) is 6.56. The lowest BCUT2D eigenvalue weighted by atomic mass is 10.1. The fraction of sp³-hybridized carbons (Fsp3) is 0.263. The molecule has 0 atom stereocenters. The van der Waals surface area contributed by atoms with Crippen LogP contribution < -0.4 is 14.9 Å². The third kappa shape index (κ3) is 6.16. The molecule has 0 aliphatic heterocycles. The number of carbonyl (C=O) groups excluding carboxylic acids is 1. The summed E-state index contributed by atoms with van der Waals surface area (Å²) >= 11 is 5.90. The van der Waals surface area contributed by atoms with E-state index in [-0.39, 0.29) is 5.56 Å². The first-order chi connectivity index (χ1) is 13.0. The molecule has 2 rings (SSSR count). The van der Waals surface area contributed by atoms with Crippen molar-refractivity contribution in [2.24, 2.45) is 5.10 Å². The van der Waals surface area contributed by atoms with Crippen LogP contribution in [0.15, 0.2) is 47.6 Å². The summed E-state index contributed by atoms with van der Waals surface area (Å²) in [7, 11) is 0. The van der Waals surface area contributed by atoms with Crippen molar-refractivity contribution >= 4 is 23.7 Å². The van der Waals surface area contributed by atoms with Crippen LogP contribution in [0.2, 0.25) is 5.02 Å². The Labute approximate surface area is 165 Å². The highest BCUT2D eigenvalue weighted by Crippen LogP contribution is 2.26. The first kappa shape index (κ1) is 21.6. The van der Waals surface area contributed by atoms with Crippen molar-refractivity contribution in [3.63, 3.8) is 0 Å². The van der Waals surface area contributed by atoms with Gasteiger partial charge in [-0.2, -0.15) is 5.10 Å². The zero-order chi connectivity index (χ0) is 20.9. The maximum absolute atomic E-state index is 12.4. The minimum atomic E-state index is -4.83. The topological polar surface area (TPSA) is 59.9 Å². The fourth-order valence-corrected chi connectivity index (χ4v) is 2.38. The molecule has 150 valence electrons. The zero-order valence-corrected chi connectivity index (χ0v) is 16.1. The van der Waals surface area contributed by atoms with Gasteiger partial charge in [-0.3, -0.25) is 4.79 Å². The van der Waals surface area contributed by atoms with Crippen molar-refractivity contribution in [2.75, 3.05) is 0 Å². The minimum absolute atomic E-state index is 0.0485. The lowest BCUT2D eigenvalue weighted by Gasteiger charge is -2.25. The van der Waals surface area contributed by atoms with E-state index in [0.717, 1.165) is 17.8 Å². The average molecular weight is 415 g/mol. The van der Waals surface area contributed by atoms with Gasteiger partial charge in [0.1, 0.15) is 11.5 Å². The van der Waals surface area contributed by atoms with Gasteiger partial charge in [-0.15, -0.1) is 13.2 Å². The number of hydrogen-bond donors (Lipinski definition) is 1. The highest BCUT2D eigenvalue weighted by atomic mass is 35.5. The number of amides is 1. The molecule has 2 aromatic rings. The Morgan fingerprint density at radius 1 is 1.11 bits per heavy atom. The smallest absolute Gasteiger partial charge is 0.478 e. The summed E-state index contributed by atoms with van der Waals surface area (Å²) in [6.07, 6.45) is -3.78. The Bertz CT molecular complexity index is 883. The number of benzene rings is 2. The summed E-state index contributed by atoms with van der Waals surface area (Å²) in [5.74, 6) is -0.551. The number of para-hydroxylation sites is 1. The van der Waals surface area contributed by atoms with E-state index in [1.807, 2.05) is 0 Å². The lowest BCUT2D eigenvalue weighted by molar-refractivity contribution is -0.274. The van der Waals surface area contributed by atoms with E-state index in [0.29, 0.717) is 10.8 Å². The Balaban J connectivity index is 2.06. The number of alkyl halides is 3. The predicted molar refractivity (Wildman–Crippen MR) is 99.8 cm³/mol. The van der Waals surface area contributed by atoms with E-state index in [9.17, 15) is 18.0 Å². The molecule has 9 heteroatoms. The third-order valence-electron chi connectivity index (χ3n) is 3.56. The van der Waals surface area contributed by atoms with E-state index in [1.54, 1.807) is 25.1 Å². The van der Waals surface area contributed by atoms with Gasteiger partial charge in [0, 0.05) is 10.6 Å². The zero-order valence-electron chi connectivity index (χ0n) is 15.3. The number of aryl methyl sites for hydroxylation is 1. The van der Waals surface area contributed by atoms with Crippen molar-refractivity contribution in [1.82, 2.24) is 5.43 Å². The number of rotatable bonds is 6. The summed E-state index contributed by atoms with van der Waals surface area (Å²) in [6, 6.07) is 10.4. The van der Waals surface area contributed by atoms with Gasteiger partial charge >= 0.3 is 6.36 Å². The summed E-state index contributed by atoms with van der Waals surface area (Å²) in [5, 5.41) is 4.24. The van der Waals surface area contributed by atoms with Crippen LogP contribution in [0.25, 0.3) is 0 Å². The molecule has 0 radical (unpaired) electrons. The van der Waals surface area contributed by atoms with Crippen LogP contribution in [0.4, 0.5) is 13.2 Å². The van der Waals surface area contributed by atoms with Crippen molar-refractivity contribution in [2.45, 2.75) is 32.7 Å². The second-order valence-electron chi connectivity index (χ2n) is 6.31. The molecule has 0 fully saturated rings. The van der Waals surface area contributed by atoms with Crippen molar-refractivity contribution in [1.29, 1.82) is 0 Å². The van der Waals surface area contributed by atoms with E-state index in [2.05, 4.69) is 15.3 Å². The molecule has 0 bridgehead atoms. The molecule has 0 aliphatic carbocycles. The second-order valence-corrected chi connectivity index (χ2v) is 6.74. The monoisotopic (exact) mass is 414 g/mol. The molecule has 5 nitrogen and oxygen atoms in total. The van der Waals surface area contributed by atoms with Crippen LogP contribution in [-0.4, -0.2) is 24.1 Å². The standard InChI is InChI=1S/C19H18ClF3N2O3/c1-12-10-14(20)8-9-15(12)27-18(2,3)17(26)25-24-11-13-6-4-5-7-16(13)28-19(21,22)23/h4-11H,1-3H3,(H,25,26)/b24-11+. The molecular formula is C19H18ClF3N2O3. The van der Waals surface area contributed by atoms with Gasteiger partial charge in [-0.05, 0) is 56.7 Å². The Hall–Kier alpha value is -2.74. The van der Waals surface area contributed by atoms with Crippen LogP contribution in [0, 0.1) is 6.92 Å². The van der Waals surface area contributed by atoms with Gasteiger partial charge in [-0.1, -0.05) is 23.7 Å². The van der Waals surface area contributed by atoms with Crippen LogP contribution in [0.1, 0.15) is 25.0 Å². The summed E-state index contributed by atoms with van der Waals surface area (Å²) in [5.41, 5.74) is 1.76. The average Bonchev–Trinajstić information content (AvgIpc) is 2.57. The summed E-state index contributed by atoms with van der Waals surface area (Å²) < 4.78 is 46.9. The molecule has 28 heavy (non-hydrogen) atoms. The quantitative estimate of drug-likeness (QED) is 0.542. The molecule has 1 N–H and O–H groups in total. The first-order valence-corrected chi connectivity index (χ1v) is 8.49. The normalized spacial score (nSPS) is 12.1. The number of nitrogens with one attached hydrogen (secondary N) is 1. The van der Waals surface area contributed by atoms with Gasteiger partial charge in [0.25, 0.3) is 5.91 Å². The van der Waals surface area contributed by atoms with Gasteiger partial charge < -0.3 is 9.47 Å². The number of hydrazone groups is 1. The molecule has 0 heterocycles. The molecule has 1 amide bonds. The van der Waals surface area contributed by atoms with Crippen LogP contribution >= 0.6 is 11.6 Å². The molecule has 0 aromatic heterocycles. The van der Waals surface area contributed by atoms with Crippen LogP contribution in [0.5, 0.6) is 11.5 Å². The van der Waals surface area contributed by atoms with Crippen LogP contribution in [0.3, 0.4) is 0 Å². The van der Waals surface area contributed by atoms with E-state index >= 15 is 0 Å². The predicted octanol–water partition coefficient (Wildman–Crippen LogP) is 4.85. The van der Waals surface area contributed by atoms with Gasteiger partial charge in [0.15, 0.2) is 5.60 Å². The van der Waals surface area contributed by atoms with Crippen molar-refractivity contribution < 1.29 is 27.4 Å². The minimum Gasteiger partial charge on any atom is -0.478 e. The maximum atomic E-state index is 12.4. The highest BCUT2D eigenvalue weighted by molar-refractivity contribution is 6.30. The molecule has 0 saturated carbocycles. The molecule has 0 spiro atoms. The van der Waals surface area contributed by atoms with Gasteiger partial charge in [0.05, 0.1) is 6.21 Å². The SMILES string of the molecule is Cc1cc(Cl)ccc1OC(C)(C)C(=O)N/N=C/c1ccccc1OC(F)(F)F. The van der Waals surface area contributed by atoms with Gasteiger partial charge in [0.2, 0.25) is 0 Å². The van der Waals surface area contributed by atoms with Gasteiger partial charge in [-0.25, -0.2) is 5.43 Å². The van der Waals surface area contributed by atoms with E-state index in [4.69, 9.17) is 16.3 Å². The highest BCUT2D eigenvalue weighted by Gasteiger charge is 2.32. The molecule has 0 saturated heterocycles. The molecular weight excluding hydrogens is 397 g/mol. The third-order valence-corrected chi connectivity index (χ3v) is 3.80. The number of ether oxygens (including phenoxy) is 2. The Morgan fingerprint density at radius 2 is 1.79 bits per heavy atom. The molecule has 0 unspecified atom stereocenters. The summed E-state index contributed by atoms with van der Waals surface area (Å²) in [4.78, 5) is 12.4. The van der Waals surface area contributed by atoms with E-state index in [1.165, 1.54) is 32.0 Å². The second kappa shape index (κ2) is 8.52. The largest absolute Gasteiger partial charge is 0.573 e.